The van der Waals surface area contributed by atoms with Gasteiger partial charge < -0.3 is 4.55 Å². The van der Waals surface area contributed by atoms with Crippen LogP contribution in [0.4, 0.5) is 0 Å². The van der Waals surface area contributed by atoms with Gasteiger partial charge in [-0.2, -0.15) is 0 Å². The minimum Gasteiger partial charge on any atom is -0.748 e. The third-order valence-electron chi connectivity index (χ3n) is 0.993. The van der Waals surface area contributed by atoms with Crippen LogP contribution in [0.2, 0.25) is 0 Å². The van der Waals surface area contributed by atoms with Crippen molar-refractivity contribution in [2.75, 3.05) is 19.4 Å². The van der Waals surface area contributed by atoms with E-state index in [2.05, 4.69) is 13.8 Å². The molecule has 0 saturated carbocycles. The lowest BCUT2D eigenvalue weighted by Crippen LogP contribution is -2.12. The van der Waals surface area contributed by atoms with Crippen LogP contribution in [0.3, 0.4) is 0 Å². The lowest BCUT2D eigenvalue weighted by Gasteiger charge is -1.95. The molecule has 0 aliphatic rings. The third kappa shape index (κ3) is 22.5. The van der Waals surface area contributed by atoms with Crippen molar-refractivity contribution in [2.45, 2.75) is 27.2 Å². The average Bonchev–Trinajstić information content (AvgIpc) is 2.01. The summed E-state index contributed by atoms with van der Waals surface area (Å²) in [6.45, 7) is 7.85. The number of rotatable bonds is 4. The summed E-state index contributed by atoms with van der Waals surface area (Å²) >= 11 is 0. The Morgan fingerprint density at radius 2 is 1.79 bits per heavy atom. The third-order valence-corrected chi connectivity index (χ3v) is 0.993. The fraction of sp³-hybridized carbons (Fsp3) is 0.875. The van der Waals surface area contributed by atoms with Crippen LogP contribution in [0.25, 0.3) is 0 Å². The normalized spacial score (nSPS) is 11.6. The topological polar surface area (TPSA) is 69.4 Å². The van der Waals surface area contributed by atoms with Crippen LogP contribution in [-0.2, 0) is 15.0 Å². The second kappa shape index (κ2) is 8.96. The predicted octanol–water partition coefficient (Wildman–Crippen LogP) is 0.613. The van der Waals surface area contributed by atoms with Gasteiger partial charge in [0.2, 0.25) is 0 Å². The monoisotopic (exact) mass is 225 g/mol. The van der Waals surface area contributed by atoms with Crippen molar-refractivity contribution in [3.8, 4) is 0 Å². The largest absolute Gasteiger partial charge is 0.748 e. The van der Waals surface area contributed by atoms with E-state index in [1.165, 1.54) is 0 Å². The molecule has 0 atom stereocenters. The van der Waals surface area contributed by atoms with Crippen LogP contribution >= 0.6 is 0 Å². The summed E-state index contributed by atoms with van der Waals surface area (Å²) in [5.41, 5.74) is 0. The maximum absolute atomic E-state index is 9.08. The van der Waals surface area contributed by atoms with Crippen molar-refractivity contribution < 1.29 is 22.5 Å². The molecule has 0 aromatic heterocycles. The molecule has 0 unspecified atom stereocenters. The highest BCUT2D eigenvalue weighted by Gasteiger charge is 1.95. The summed E-state index contributed by atoms with van der Waals surface area (Å²) in [5, 5.41) is 0. The lowest BCUT2D eigenvalue weighted by atomic mass is 10.5. The van der Waals surface area contributed by atoms with Gasteiger partial charge >= 0.3 is 0 Å². The maximum atomic E-state index is 9.08. The first kappa shape index (κ1) is 15.8. The molecule has 86 valence electrons. The summed E-state index contributed by atoms with van der Waals surface area (Å²) in [6, 6.07) is 0. The Labute approximate surface area is 86.1 Å². The van der Waals surface area contributed by atoms with Gasteiger partial charge in [-0.05, 0) is 18.6 Å². The standard InChI is InChI=1S/C7H16NO.CH4O3S/c1-4-7-8(5-2)9-6-3;1-5(2,3)4/h7H,4-6H2,1-3H3;1H3,(H,2,3,4)/q+1;/p-1. The second-order valence-corrected chi connectivity index (χ2v) is 3.85. The summed E-state index contributed by atoms with van der Waals surface area (Å²) < 4.78 is 29.1. The SMILES string of the molecule is CCC=[N+](CC)OCC.CS(=O)(=O)[O-]. The fourth-order valence-corrected chi connectivity index (χ4v) is 0.643. The van der Waals surface area contributed by atoms with Gasteiger partial charge in [0.15, 0.2) is 19.4 Å². The molecule has 0 saturated heterocycles. The smallest absolute Gasteiger partial charge is 0.192 e. The Morgan fingerprint density at radius 1 is 1.36 bits per heavy atom. The van der Waals surface area contributed by atoms with E-state index < -0.39 is 10.1 Å². The Morgan fingerprint density at radius 3 is 2.00 bits per heavy atom. The van der Waals surface area contributed by atoms with Crippen LogP contribution in [0, 0.1) is 0 Å². The van der Waals surface area contributed by atoms with E-state index in [0.29, 0.717) is 6.26 Å². The number of nitrogens with zero attached hydrogens (tertiary/aromatic N) is 1. The first-order valence-electron chi connectivity index (χ1n) is 4.48. The van der Waals surface area contributed by atoms with Gasteiger partial charge in [0.25, 0.3) is 0 Å². The van der Waals surface area contributed by atoms with E-state index in [9.17, 15) is 0 Å². The van der Waals surface area contributed by atoms with Crippen LogP contribution in [0.15, 0.2) is 0 Å². The maximum Gasteiger partial charge on any atom is 0.192 e. The average molecular weight is 225 g/mol. The van der Waals surface area contributed by atoms with Gasteiger partial charge in [0.1, 0.15) is 0 Å². The van der Waals surface area contributed by atoms with Crippen LogP contribution < -0.4 is 0 Å². The molecule has 0 amide bonds. The zero-order valence-corrected chi connectivity index (χ0v) is 10.0. The number of hydroxylamine groups is 1. The second-order valence-electron chi connectivity index (χ2n) is 2.45. The quantitative estimate of drug-likeness (QED) is 0.304. The van der Waals surface area contributed by atoms with Crippen LogP contribution in [0.1, 0.15) is 27.2 Å². The van der Waals surface area contributed by atoms with Gasteiger partial charge in [0, 0.05) is 12.7 Å². The van der Waals surface area contributed by atoms with Crippen LogP contribution in [-0.4, -0.2) is 43.3 Å². The minimum absolute atomic E-state index is 0.604. The van der Waals surface area contributed by atoms with Crippen molar-refractivity contribution in [2.24, 2.45) is 0 Å². The molecule has 0 heterocycles. The number of hydrogen-bond acceptors (Lipinski definition) is 4. The molecule has 0 spiro atoms. The van der Waals surface area contributed by atoms with E-state index in [1.54, 1.807) is 0 Å². The zero-order chi connectivity index (χ0) is 11.6. The van der Waals surface area contributed by atoms with Crippen molar-refractivity contribution in [1.29, 1.82) is 0 Å². The molecule has 0 aliphatic carbocycles. The predicted molar refractivity (Wildman–Crippen MR) is 54.4 cm³/mol. The molecule has 0 aromatic carbocycles. The van der Waals surface area contributed by atoms with Crippen molar-refractivity contribution >= 4 is 16.3 Å². The van der Waals surface area contributed by atoms with E-state index in [-0.39, 0.29) is 0 Å². The molecule has 14 heavy (non-hydrogen) atoms. The Balaban J connectivity index is 0. The van der Waals surface area contributed by atoms with Crippen LogP contribution in [0.5, 0.6) is 0 Å². The lowest BCUT2D eigenvalue weighted by molar-refractivity contribution is -0.782. The molecular formula is C8H19NO4S. The van der Waals surface area contributed by atoms with Crippen molar-refractivity contribution in [1.82, 2.24) is 0 Å². The first-order valence-corrected chi connectivity index (χ1v) is 6.30. The van der Waals surface area contributed by atoms with Gasteiger partial charge in [-0.15, -0.1) is 0 Å². The van der Waals surface area contributed by atoms with E-state index in [4.69, 9.17) is 17.8 Å². The molecule has 0 aromatic rings. The summed E-state index contributed by atoms with van der Waals surface area (Å²) in [5.74, 6) is 0. The molecule has 6 heteroatoms. The molecule has 0 aliphatic heterocycles. The van der Waals surface area contributed by atoms with Crippen molar-refractivity contribution in [3.05, 3.63) is 0 Å². The molecular weight excluding hydrogens is 206 g/mol. The van der Waals surface area contributed by atoms with E-state index in [0.717, 1.165) is 19.6 Å². The Kier molecular flexibility index (Phi) is 10.1. The van der Waals surface area contributed by atoms with Gasteiger partial charge in [-0.3, -0.25) is 4.84 Å². The molecule has 0 N–H and O–H groups in total. The summed E-state index contributed by atoms with van der Waals surface area (Å²) in [6.07, 6.45) is 3.68. The Hall–Kier alpha value is -0.620. The van der Waals surface area contributed by atoms with E-state index in [1.807, 2.05) is 17.9 Å². The Bertz CT molecular complexity index is 238. The molecule has 0 rings (SSSR count). The minimum atomic E-state index is -3.92. The molecule has 0 bridgehead atoms. The fourth-order valence-electron chi connectivity index (χ4n) is 0.643. The highest BCUT2D eigenvalue weighted by atomic mass is 32.2. The van der Waals surface area contributed by atoms with Crippen molar-refractivity contribution in [3.63, 3.8) is 0 Å². The van der Waals surface area contributed by atoms with Gasteiger partial charge in [-0.25, -0.2) is 8.42 Å². The van der Waals surface area contributed by atoms with Gasteiger partial charge in [0.05, 0.1) is 10.1 Å². The van der Waals surface area contributed by atoms with E-state index >= 15 is 0 Å². The first-order chi connectivity index (χ1) is 6.35. The zero-order valence-electron chi connectivity index (χ0n) is 9.19. The molecule has 0 fully saturated rings. The molecule has 0 radical (unpaired) electrons. The molecule has 5 nitrogen and oxygen atoms in total. The highest BCUT2D eigenvalue weighted by Crippen LogP contribution is 1.78. The summed E-state index contributed by atoms with van der Waals surface area (Å²) in [7, 11) is -3.92. The van der Waals surface area contributed by atoms with Gasteiger partial charge in [-0.1, -0.05) is 6.92 Å². The number of hydrogen-bond donors (Lipinski definition) is 0. The summed E-state index contributed by atoms with van der Waals surface area (Å²) in [4.78, 5) is 5.21. The highest BCUT2D eigenvalue weighted by molar-refractivity contribution is 7.84.